The van der Waals surface area contributed by atoms with Gasteiger partial charge in [0.2, 0.25) is 11.8 Å². The van der Waals surface area contributed by atoms with E-state index in [9.17, 15) is 9.59 Å². The summed E-state index contributed by atoms with van der Waals surface area (Å²) in [6, 6.07) is 6.87. The summed E-state index contributed by atoms with van der Waals surface area (Å²) in [6.45, 7) is 1.22. The molecule has 0 atom stereocenters. The van der Waals surface area contributed by atoms with Crippen molar-refractivity contribution in [1.82, 2.24) is 5.32 Å². The van der Waals surface area contributed by atoms with Gasteiger partial charge >= 0.3 is 0 Å². The molecule has 1 aromatic rings. The fourth-order valence-corrected chi connectivity index (χ4v) is 1.16. The standard InChI is InChI=1S/C11H14N2O3/c1-8(15)12-6-11(16)13-10-4-2-3-9(5-10)7-14/h2-5,14H,6-7H2,1H3,(H,12,15)(H,13,16). The molecule has 16 heavy (non-hydrogen) atoms. The second-order valence-corrected chi connectivity index (χ2v) is 3.32. The van der Waals surface area contributed by atoms with Crippen molar-refractivity contribution >= 4 is 17.5 Å². The first-order valence-electron chi connectivity index (χ1n) is 4.86. The van der Waals surface area contributed by atoms with Gasteiger partial charge in [0.15, 0.2) is 0 Å². The zero-order valence-electron chi connectivity index (χ0n) is 8.99. The number of benzene rings is 1. The lowest BCUT2D eigenvalue weighted by atomic mass is 10.2. The number of aliphatic hydroxyl groups is 1. The van der Waals surface area contributed by atoms with Gasteiger partial charge in [-0.25, -0.2) is 0 Å². The van der Waals surface area contributed by atoms with E-state index >= 15 is 0 Å². The van der Waals surface area contributed by atoms with E-state index in [-0.39, 0.29) is 25.0 Å². The molecule has 0 spiro atoms. The molecule has 0 saturated heterocycles. The number of anilines is 1. The summed E-state index contributed by atoms with van der Waals surface area (Å²) in [4.78, 5) is 21.9. The van der Waals surface area contributed by atoms with Crippen LogP contribution in [0.1, 0.15) is 12.5 Å². The minimum Gasteiger partial charge on any atom is -0.392 e. The largest absolute Gasteiger partial charge is 0.392 e. The van der Waals surface area contributed by atoms with Gasteiger partial charge in [0.25, 0.3) is 0 Å². The maximum Gasteiger partial charge on any atom is 0.243 e. The van der Waals surface area contributed by atoms with Gasteiger partial charge in [0.1, 0.15) is 0 Å². The molecule has 1 aromatic carbocycles. The van der Waals surface area contributed by atoms with Crippen molar-refractivity contribution in [3.63, 3.8) is 0 Å². The second-order valence-electron chi connectivity index (χ2n) is 3.32. The summed E-state index contributed by atoms with van der Waals surface area (Å²) >= 11 is 0. The first-order chi connectivity index (χ1) is 7.61. The average molecular weight is 222 g/mol. The quantitative estimate of drug-likeness (QED) is 0.683. The van der Waals surface area contributed by atoms with Gasteiger partial charge < -0.3 is 15.7 Å². The third-order valence-corrected chi connectivity index (χ3v) is 1.89. The highest BCUT2D eigenvalue weighted by Crippen LogP contribution is 2.09. The van der Waals surface area contributed by atoms with E-state index in [2.05, 4.69) is 10.6 Å². The predicted molar refractivity (Wildman–Crippen MR) is 59.7 cm³/mol. The van der Waals surface area contributed by atoms with Crippen LogP contribution >= 0.6 is 0 Å². The van der Waals surface area contributed by atoms with Gasteiger partial charge in [0.05, 0.1) is 13.2 Å². The van der Waals surface area contributed by atoms with E-state index in [1.54, 1.807) is 24.3 Å². The van der Waals surface area contributed by atoms with E-state index in [4.69, 9.17) is 5.11 Å². The number of rotatable bonds is 4. The SMILES string of the molecule is CC(=O)NCC(=O)Nc1cccc(CO)c1. The van der Waals surface area contributed by atoms with Gasteiger partial charge in [-0.3, -0.25) is 9.59 Å². The highest BCUT2D eigenvalue weighted by molar-refractivity contribution is 5.94. The summed E-state index contributed by atoms with van der Waals surface area (Å²) in [5.74, 6) is -0.551. The highest BCUT2D eigenvalue weighted by atomic mass is 16.3. The molecule has 0 unspecified atom stereocenters. The third kappa shape index (κ3) is 4.10. The predicted octanol–water partition coefficient (Wildman–Crippen LogP) is 0.253. The number of hydrogen-bond donors (Lipinski definition) is 3. The van der Waals surface area contributed by atoms with E-state index in [1.807, 2.05) is 0 Å². The summed E-state index contributed by atoms with van der Waals surface area (Å²) in [5, 5.41) is 13.9. The molecule has 3 N–H and O–H groups in total. The Balaban J connectivity index is 2.52. The van der Waals surface area contributed by atoms with Gasteiger partial charge in [-0.2, -0.15) is 0 Å². The van der Waals surface area contributed by atoms with E-state index < -0.39 is 0 Å². The van der Waals surface area contributed by atoms with E-state index in [0.29, 0.717) is 5.69 Å². The summed E-state index contributed by atoms with van der Waals surface area (Å²) in [5.41, 5.74) is 1.32. The van der Waals surface area contributed by atoms with Gasteiger partial charge in [-0.15, -0.1) is 0 Å². The first kappa shape index (κ1) is 12.2. The molecule has 0 saturated carbocycles. The van der Waals surface area contributed by atoms with Crippen LogP contribution in [0.2, 0.25) is 0 Å². The van der Waals surface area contributed by atoms with Crippen molar-refractivity contribution in [2.24, 2.45) is 0 Å². The van der Waals surface area contributed by atoms with Crippen molar-refractivity contribution in [2.45, 2.75) is 13.5 Å². The summed E-state index contributed by atoms with van der Waals surface area (Å²) in [7, 11) is 0. The van der Waals surface area contributed by atoms with Crippen LogP contribution in [-0.4, -0.2) is 23.5 Å². The first-order valence-corrected chi connectivity index (χ1v) is 4.86. The van der Waals surface area contributed by atoms with Crippen LogP contribution < -0.4 is 10.6 Å². The Hall–Kier alpha value is -1.88. The van der Waals surface area contributed by atoms with Gasteiger partial charge in [-0.05, 0) is 17.7 Å². The Morgan fingerprint density at radius 3 is 2.75 bits per heavy atom. The van der Waals surface area contributed by atoms with Crippen LogP contribution in [0.15, 0.2) is 24.3 Å². The molecule has 1 rings (SSSR count). The second kappa shape index (κ2) is 5.87. The maximum atomic E-state index is 11.3. The zero-order chi connectivity index (χ0) is 12.0. The number of nitrogens with one attached hydrogen (secondary N) is 2. The van der Waals surface area contributed by atoms with E-state index in [1.165, 1.54) is 6.92 Å². The molecule has 0 heterocycles. The number of hydrogen-bond acceptors (Lipinski definition) is 3. The molecule has 0 aliphatic carbocycles. The van der Waals surface area contributed by atoms with Crippen LogP contribution in [0.5, 0.6) is 0 Å². The number of carbonyl (C=O) groups excluding carboxylic acids is 2. The van der Waals surface area contributed by atoms with Crippen LogP contribution in [0.25, 0.3) is 0 Å². The van der Waals surface area contributed by atoms with Crippen LogP contribution in [-0.2, 0) is 16.2 Å². The van der Waals surface area contributed by atoms with Gasteiger partial charge in [0, 0.05) is 12.6 Å². The third-order valence-electron chi connectivity index (χ3n) is 1.89. The molecule has 0 fully saturated rings. The van der Waals surface area contributed by atoms with Crippen molar-refractivity contribution in [1.29, 1.82) is 0 Å². The highest BCUT2D eigenvalue weighted by Gasteiger charge is 2.03. The Morgan fingerprint density at radius 1 is 1.38 bits per heavy atom. The van der Waals surface area contributed by atoms with Crippen molar-refractivity contribution in [3.8, 4) is 0 Å². The monoisotopic (exact) mass is 222 g/mol. The topological polar surface area (TPSA) is 78.4 Å². The van der Waals surface area contributed by atoms with Crippen LogP contribution in [0.4, 0.5) is 5.69 Å². The van der Waals surface area contributed by atoms with Crippen LogP contribution in [0, 0.1) is 0 Å². The Labute approximate surface area is 93.5 Å². The molecule has 0 aliphatic heterocycles. The van der Waals surface area contributed by atoms with Gasteiger partial charge in [-0.1, -0.05) is 12.1 Å². The summed E-state index contributed by atoms with van der Waals surface area (Å²) < 4.78 is 0. The Kier molecular flexibility index (Phi) is 4.47. The molecule has 0 bridgehead atoms. The maximum absolute atomic E-state index is 11.3. The summed E-state index contributed by atoms with van der Waals surface area (Å²) in [6.07, 6.45) is 0. The average Bonchev–Trinajstić information content (AvgIpc) is 2.26. The minimum atomic E-state index is -0.301. The lowest BCUT2D eigenvalue weighted by molar-refractivity contribution is -0.122. The minimum absolute atomic E-state index is 0.0569. The number of amides is 2. The molecule has 0 aromatic heterocycles. The fraction of sp³-hybridized carbons (Fsp3) is 0.273. The molecule has 0 aliphatic rings. The molecule has 2 amide bonds. The fourth-order valence-electron chi connectivity index (χ4n) is 1.16. The molecule has 86 valence electrons. The van der Waals surface area contributed by atoms with Crippen molar-refractivity contribution in [3.05, 3.63) is 29.8 Å². The molecule has 0 radical (unpaired) electrons. The molecular formula is C11H14N2O3. The van der Waals surface area contributed by atoms with Crippen molar-refractivity contribution in [2.75, 3.05) is 11.9 Å². The Bertz CT molecular complexity index is 391. The normalized spacial score (nSPS) is 9.62. The molecule has 5 nitrogen and oxygen atoms in total. The molecular weight excluding hydrogens is 208 g/mol. The number of carbonyl (C=O) groups is 2. The zero-order valence-corrected chi connectivity index (χ0v) is 8.99. The van der Waals surface area contributed by atoms with Crippen LogP contribution in [0.3, 0.4) is 0 Å². The Morgan fingerprint density at radius 2 is 2.12 bits per heavy atom. The lowest BCUT2D eigenvalue weighted by Gasteiger charge is -2.06. The van der Waals surface area contributed by atoms with E-state index in [0.717, 1.165) is 5.56 Å². The number of aliphatic hydroxyl groups excluding tert-OH is 1. The smallest absolute Gasteiger partial charge is 0.243 e. The van der Waals surface area contributed by atoms with Crippen molar-refractivity contribution < 1.29 is 14.7 Å². The molecule has 5 heteroatoms. The lowest BCUT2D eigenvalue weighted by Crippen LogP contribution is -2.31.